The SMILES string of the molecule is CCOCCN(CCOCC)C(=O)c1cccc(Cl)n1. The minimum Gasteiger partial charge on any atom is -0.380 e. The van der Waals surface area contributed by atoms with E-state index in [0.29, 0.717) is 50.4 Å². The van der Waals surface area contributed by atoms with Crippen LogP contribution >= 0.6 is 11.6 Å². The van der Waals surface area contributed by atoms with E-state index in [1.165, 1.54) is 0 Å². The van der Waals surface area contributed by atoms with Gasteiger partial charge in [0.2, 0.25) is 0 Å². The Labute approximate surface area is 124 Å². The molecule has 1 aromatic heterocycles. The Bertz CT molecular complexity index is 405. The molecule has 0 aliphatic carbocycles. The van der Waals surface area contributed by atoms with Gasteiger partial charge in [-0.1, -0.05) is 17.7 Å². The summed E-state index contributed by atoms with van der Waals surface area (Å²) in [6.45, 7) is 7.10. The number of carbonyl (C=O) groups is 1. The lowest BCUT2D eigenvalue weighted by Crippen LogP contribution is -2.37. The Balaban J connectivity index is 2.66. The van der Waals surface area contributed by atoms with Gasteiger partial charge in [0, 0.05) is 26.3 Å². The number of hydrogen-bond acceptors (Lipinski definition) is 4. The average molecular weight is 301 g/mol. The molecule has 0 fully saturated rings. The molecule has 5 nitrogen and oxygen atoms in total. The Morgan fingerprint density at radius 2 is 1.80 bits per heavy atom. The third kappa shape index (κ3) is 5.86. The zero-order valence-electron chi connectivity index (χ0n) is 12.0. The van der Waals surface area contributed by atoms with Gasteiger partial charge < -0.3 is 14.4 Å². The summed E-state index contributed by atoms with van der Waals surface area (Å²) in [5.74, 6) is -0.160. The molecule has 0 atom stereocenters. The number of carbonyl (C=O) groups excluding carboxylic acids is 1. The van der Waals surface area contributed by atoms with E-state index < -0.39 is 0 Å². The van der Waals surface area contributed by atoms with E-state index in [-0.39, 0.29) is 5.91 Å². The Hall–Kier alpha value is -1.17. The summed E-state index contributed by atoms with van der Waals surface area (Å²) in [5, 5.41) is 0.311. The first kappa shape index (κ1) is 16.9. The van der Waals surface area contributed by atoms with E-state index in [9.17, 15) is 4.79 Å². The predicted molar refractivity (Wildman–Crippen MR) is 78.1 cm³/mol. The van der Waals surface area contributed by atoms with E-state index in [1.807, 2.05) is 13.8 Å². The number of rotatable bonds is 9. The summed E-state index contributed by atoms with van der Waals surface area (Å²) >= 11 is 5.82. The van der Waals surface area contributed by atoms with Gasteiger partial charge in [-0.2, -0.15) is 0 Å². The lowest BCUT2D eigenvalue weighted by molar-refractivity contribution is 0.0545. The van der Waals surface area contributed by atoms with Gasteiger partial charge in [-0.25, -0.2) is 4.98 Å². The van der Waals surface area contributed by atoms with Gasteiger partial charge in [0.15, 0.2) is 0 Å². The second kappa shape index (κ2) is 9.69. The van der Waals surface area contributed by atoms with Gasteiger partial charge in [-0.05, 0) is 26.0 Å². The highest BCUT2D eigenvalue weighted by Crippen LogP contribution is 2.08. The first-order valence-corrected chi connectivity index (χ1v) is 7.14. The van der Waals surface area contributed by atoms with Gasteiger partial charge >= 0.3 is 0 Å². The number of hydrogen-bond donors (Lipinski definition) is 0. The molecule has 1 amide bonds. The zero-order chi connectivity index (χ0) is 14.8. The van der Waals surface area contributed by atoms with Gasteiger partial charge in [-0.15, -0.1) is 0 Å². The lowest BCUT2D eigenvalue weighted by atomic mass is 10.3. The summed E-state index contributed by atoms with van der Waals surface area (Å²) < 4.78 is 10.6. The molecule has 0 aliphatic rings. The van der Waals surface area contributed by atoms with E-state index in [4.69, 9.17) is 21.1 Å². The zero-order valence-corrected chi connectivity index (χ0v) is 12.7. The van der Waals surface area contributed by atoms with Crippen molar-refractivity contribution in [3.8, 4) is 0 Å². The molecule has 1 aromatic rings. The first-order chi connectivity index (χ1) is 9.69. The Kier molecular flexibility index (Phi) is 8.18. The summed E-state index contributed by atoms with van der Waals surface area (Å²) in [6.07, 6.45) is 0. The van der Waals surface area contributed by atoms with Crippen molar-refractivity contribution in [2.75, 3.05) is 39.5 Å². The fourth-order valence-corrected chi connectivity index (χ4v) is 1.81. The molecular weight excluding hydrogens is 280 g/mol. The summed E-state index contributed by atoms with van der Waals surface area (Å²) in [4.78, 5) is 18.1. The minimum atomic E-state index is -0.160. The van der Waals surface area contributed by atoms with Crippen molar-refractivity contribution in [3.63, 3.8) is 0 Å². The monoisotopic (exact) mass is 300 g/mol. The lowest BCUT2D eigenvalue weighted by Gasteiger charge is -2.22. The van der Waals surface area contributed by atoms with E-state index in [2.05, 4.69) is 4.98 Å². The second-order valence-corrected chi connectivity index (χ2v) is 4.42. The summed E-state index contributed by atoms with van der Waals surface area (Å²) in [7, 11) is 0. The first-order valence-electron chi connectivity index (χ1n) is 6.76. The van der Waals surface area contributed by atoms with E-state index in [0.717, 1.165) is 0 Å². The number of nitrogens with zero attached hydrogens (tertiary/aromatic N) is 2. The van der Waals surface area contributed by atoms with Crippen LogP contribution < -0.4 is 0 Å². The number of amides is 1. The van der Waals surface area contributed by atoms with Crippen LogP contribution in [0.4, 0.5) is 0 Å². The maximum absolute atomic E-state index is 12.4. The molecule has 0 aliphatic heterocycles. The summed E-state index contributed by atoms with van der Waals surface area (Å²) in [5.41, 5.74) is 0.338. The van der Waals surface area contributed by atoms with Crippen molar-refractivity contribution in [1.82, 2.24) is 9.88 Å². The molecular formula is C14H21ClN2O3. The molecule has 20 heavy (non-hydrogen) atoms. The van der Waals surface area contributed by atoms with E-state index >= 15 is 0 Å². The van der Waals surface area contributed by atoms with Crippen LogP contribution in [0.3, 0.4) is 0 Å². The normalized spacial score (nSPS) is 10.6. The quantitative estimate of drug-likeness (QED) is 0.518. The molecule has 1 heterocycles. The molecule has 0 radical (unpaired) electrons. The van der Waals surface area contributed by atoms with Crippen molar-refractivity contribution in [2.45, 2.75) is 13.8 Å². The second-order valence-electron chi connectivity index (χ2n) is 4.03. The van der Waals surface area contributed by atoms with Crippen molar-refractivity contribution < 1.29 is 14.3 Å². The van der Waals surface area contributed by atoms with Crippen LogP contribution in [0.2, 0.25) is 5.15 Å². The van der Waals surface area contributed by atoms with Crippen LogP contribution in [0.1, 0.15) is 24.3 Å². The molecule has 0 bridgehead atoms. The van der Waals surface area contributed by atoms with Crippen molar-refractivity contribution in [3.05, 3.63) is 29.0 Å². The number of ether oxygens (including phenoxy) is 2. The summed E-state index contributed by atoms with van der Waals surface area (Å²) in [6, 6.07) is 5.01. The molecule has 0 unspecified atom stereocenters. The molecule has 6 heteroatoms. The van der Waals surface area contributed by atoms with Gasteiger partial charge in [0.1, 0.15) is 10.8 Å². The van der Waals surface area contributed by atoms with Gasteiger partial charge in [0.25, 0.3) is 5.91 Å². The van der Waals surface area contributed by atoms with Crippen molar-refractivity contribution in [1.29, 1.82) is 0 Å². The third-order valence-corrected chi connectivity index (χ3v) is 2.85. The molecule has 0 aromatic carbocycles. The highest BCUT2D eigenvalue weighted by atomic mass is 35.5. The average Bonchev–Trinajstić information content (AvgIpc) is 2.45. The molecule has 0 saturated carbocycles. The van der Waals surface area contributed by atoms with Crippen LogP contribution in [0.5, 0.6) is 0 Å². The smallest absolute Gasteiger partial charge is 0.272 e. The Morgan fingerprint density at radius 1 is 1.20 bits per heavy atom. The largest absolute Gasteiger partial charge is 0.380 e. The fraction of sp³-hybridized carbons (Fsp3) is 0.571. The van der Waals surface area contributed by atoms with Gasteiger partial charge in [0.05, 0.1) is 13.2 Å². The molecule has 112 valence electrons. The van der Waals surface area contributed by atoms with Crippen LogP contribution in [-0.2, 0) is 9.47 Å². The van der Waals surface area contributed by atoms with Crippen molar-refractivity contribution in [2.24, 2.45) is 0 Å². The standard InChI is InChI=1S/C14H21ClN2O3/c1-3-19-10-8-17(9-11-20-4-2)14(18)12-6-5-7-13(15)16-12/h5-7H,3-4,8-11H2,1-2H3. The molecule has 0 spiro atoms. The van der Waals surface area contributed by atoms with Crippen LogP contribution in [0.15, 0.2) is 18.2 Å². The maximum Gasteiger partial charge on any atom is 0.272 e. The van der Waals surface area contributed by atoms with Crippen molar-refractivity contribution >= 4 is 17.5 Å². The third-order valence-electron chi connectivity index (χ3n) is 2.64. The Morgan fingerprint density at radius 3 is 2.30 bits per heavy atom. The van der Waals surface area contributed by atoms with Gasteiger partial charge in [-0.3, -0.25) is 4.79 Å². The highest BCUT2D eigenvalue weighted by Gasteiger charge is 2.16. The van der Waals surface area contributed by atoms with Crippen LogP contribution in [0.25, 0.3) is 0 Å². The molecule has 0 N–H and O–H groups in total. The van der Waals surface area contributed by atoms with Crippen LogP contribution in [-0.4, -0.2) is 55.3 Å². The number of pyridine rings is 1. The predicted octanol–water partition coefficient (Wildman–Crippen LogP) is 2.25. The topological polar surface area (TPSA) is 51.7 Å². The number of aromatic nitrogens is 1. The minimum absolute atomic E-state index is 0.160. The van der Waals surface area contributed by atoms with E-state index in [1.54, 1.807) is 23.1 Å². The molecule has 1 rings (SSSR count). The highest BCUT2D eigenvalue weighted by molar-refractivity contribution is 6.29. The van der Waals surface area contributed by atoms with Crippen LogP contribution in [0, 0.1) is 0 Å². The maximum atomic E-state index is 12.4. The molecule has 0 saturated heterocycles. The fourth-order valence-electron chi connectivity index (χ4n) is 1.64. The number of halogens is 1.